The van der Waals surface area contributed by atoms with E-state index < -0.39 is 26.8 Å². The Labute approximate surface area is 122 Å². The molecule has 4 N–H and O–H groups in total. The number of nitrogens with zero attached hydrogens (tertiary/aromatic N) is 2. The van der Waals surface area contributed by atoms with Crippen LogP contribution in [-0.2, 0) is 22.2 Å². The molecule has 2 atom stereocenters. The van der Waals surface area contributed by atoms with Crippen molar-refractivity contribution in [3.05, 3.63) is 18.7 Å². The Morgan fingerprint density at radius 1 is 1.24 bits per heavy atom. The number of rotatable bonds is 5. The van der Waals surface area contributed by atoms with Crippen molar-refractivity contribution in [2.24, 2.45) is 5.41 Å². The third-order valence-corrected chi connectivity index (χ3v) is 6.38. The Hall–Kier alpha value is -0.530. The first-order valence-electron chi connectivity index (χ1n) is 6.02. The lowest BCUT2D eigenvalue weighted by Gasteiger charge is -2.34. The van der Waals surface area contributed by atoms with Crippen molar-refractivity contribution in [3.63, 3.8) is 0 Å². The van der Waals surface area contributed by atoms with Gasteiger partial charge in [-0.2, -0.15) is 0 Å². The van der Waals surface area contributed by atoms with Gasteiger partial charge in [0, 0.05) is 0 Å². The topological polar surface area (TPSA) is 147 Å². The van der Waals surface area contributed by atoms with Gasteiger partial charge in [-0.1, -0.05) is 20.8 Å². The lowest BCUT2D eigenvalue weighted by molar-refractivity contribution is -0.707. The van der Waals surface area contributed by atoms with Crippen LogP contribution in [-0.4, -0.2) is 29.4 Å². The van der Waals surface area contributed by atoms with Crippen molar-refractivity contribution < 1.29 is 38.4 Å². The summed E-state index contributed by atoms with van der Waals surface area (Å²) in [5.41, 5.74) is -0.0682. The summed E-state index contributed by atoms with van der Waals surface area (Å²) in [5, 5.41) is 6.20. The van der Waals surface area contributed by atoms with Gasteiger partial charge >= 0.3 is 7.60 Å². The number of aliphatic hydroxyl groups is 1. The van der Waals surface area contributed by atoms with E-state index in [1.165, 1.54) is 12.5 Å². The number of imidazole rings is 1. The number of aromatic nitrogens is 2. The predicted molar refractivity (Wildman–Crippen MR) is 70.9 cm³/mol. The maximum absolute atomic E-state index is 11.2. The fraction of sp³-hybridized carbons (Fsp3) is 0.700. The highest BCUT2D eigenvalue weighted by atomic mass is 31.2. The minimum atomic E-state index is -5.69. The molecule has 0 amide bonds. The van der Waals surface area contributed by atoms with E-state index >= 15 is 0 Å². The summed E-state index contributed by atoms with van der Waals surface area (Å²) >= 11 is 0. The van der Waals surface area contributed by atoms with Crippen molar-refractivity contribution in [2.45, 2.75) is 38.9 Å². The second kappa shape index (κ2) is 5.59. The molecular weight excluding hydrogens is 322 g/mol. The standard InChI is InChI=1S/C10H20N2O7P2/c1-9(2,3)6-11-4-5-12(8-11)7-10(13,20(14,15)16)21(17,18)19/h4-5,8,13H,6-7H2,1-3H3,(H3-,14,15,16,17,18,19). The zero-order valence-electron chi connectivity index (χ0n) is 11.9. The summed E-state index contributed by atoms with van der Waals surface area (Å²) in [4.78, 5) is 38.2. The van der Waals surface area contributed by atoms with Gasteiger partial charge in [0.05, 0.1) is 6.54 Å². The Balaban J connectivity index is 3.08. The molecule has 0 fully saturated rings. The molecule has 1 aromatic rings. The highest BCUT2D eigenvalue weighted by Crippen LogP contribution is 2.65. The van der Waals surface area contributed by atoms with Crippen LogP contribution >= 0.6 is 15.2 Å². The van der Waals surface area contributed by atoms with Gasteiger partial charge in [-0.15, -0.1) is 0 Å². The normalized spacial score (nSPS) is 19.0. The first-order valence-corrected chi connectivity index (χ1v) is 9.21. The van der Waals surface area contributed by atoms with Gasteiger partial charge in [0.2, 0.25) is 6.33 Å². The van der Waals surface area contributed by atoms with E-state index in [9.17, 15) is 19.1 Å². The molecule has 0 bridgehead atoms. The summed E-state index contributed by atoms with van der Waals surface area (Å²) in [5.74, 6) is 0. The van der Waals surface area contributed by atoms with Crippen LogP contribution in [0, 0.1) is 5.41 Å². The highest BCUT2D eigenvalue weighted by molar-refractivity contribution is 7.71. The van der Waals surface area contributed by atoms with Crippen molar-refractivity contribution in [1.29, 1.82) is 0 Å². The fourth-order valence-electron chi connectivity index (χ4n) is 1.76. The molecular formula is C10H20N2O7P2. The predicted octanol–water partition coefficient (Wildman–Crippen LogP) is -0.809. The van der Waals surface area contributed by atoms with Crippen LogP contribution in [0.25, 0.3) is 0 Å². The average molecular weight is 342 g/mol. The third kappa shape index (κ3) is 4.47. The molecule has 1 rings (SSSR count). The van der Waals surface area contributed by atoms with Gasteiger partial charge in [-0.3, -0.25) is 4.57 Å². The molecule has 0 saturated carbocycles. The summed E-state index contributed by atoms with van der Waals surface area (Å²) in [7, 11) is -11.2. The summed E-state index contributed by atoms with van der Waals surface area (Å²) in [6.45, 7) is 5.52. The number of hydrogen-bond acceptors (Lipinski definition) is 4. The molecule has 0 spiro atoms. The second-order valence-corrected chi connectivity index (χ2v) is 10.1. The van der Waals surface area contributed by atoms with E-state index in [1.54, 1.807) is 10.8 Å². The van der Waals surface area contributed by atoms with Crippen LogP contribution in [0.5, 0.6) is 0 Å². The minimum absolute atomic E-state index is 0.0682. The maximum Gasteiger partial charge on any atom is 0.369 e. The molecule has 2 unspecified atom stereocenters. The zero-order valence-corrected chi connectivity index (χ0v) is 13.7. The maximum atomic E-state index is 11.2. The van der Waals surface area contributed by atoms with Crippen LogP contribution in [0.15, 0.2) is 18.7 Å². The molecule has 9 nitrogen and oxygen atoms in total. The van der Waals surface area contributed by atoms with Crippen LogP contribution in [0.3, 0.4) is 0 Å². The van der Waals surface area contributed by atoms with Crippen molar-refractivity contribution in [2.75, 3.05) is 0 Å². The fourth-order valence-corrected chi connectivity index (χ4v) is 3.77. The lowest BCUT2D eigenvalue weighted by atomic mass is 9.97. The van der Waals surface area contributed by atoms with Crippen LogP contribution < -0.4 is 9.46 Å². The van der Waals surface area contributed by atoms with Crippen LogP contribution in [0.2, 0.25) is 0 Å². The second-order valence-electron chi connectivity index (χ2n) is 6.16. The smallest absolute Gasteiger partial charge is 0.369 e. The first kappa shape index (κ1) is 18.5. The van der Waals surface area contributed by atoms with Crippen molar-refractivity contribution in [1.82, 2.24) is 4.57 Å². The molecule has 0 radical (unpaired) electrons. The summed E-state index contributed by atoms with van der Waals surface area (Å²) in [6, 6.07) is 0. The van der Waals surface area contributed by atoms with E-state index in [0.717, 1.165) is 4.57 Å². The van der Waals surface area contributed by atoms with E-state index in [2.05, 4.69) is 0 Å². The van der Waals surface area contributed by atoms with Gasteiger partial charge in [0.25, 0.3) is 5.08 Å². The molecule has 21 heavy (non-hydrogen) atoms. The molecule has 1 aromatic heterocycles. The highest BCUT2D eigenvalue weighted by Gasteiger charge is 2.55. The van der Waals surface area contributed by atoms with Gasteiger partial charge < -0.3 is 29.2 Å². The van der Waals surface area contributed by atoms with Crippen LogP contribution in [0.4, 0.5) is 0 Å². The Morgan fingerprint density at radius 2 is 1.76 bits per heavy atom. The Morgan fingerprint density at radius 3 is 2.14 bits per heavy atom. The molecule has 11 heteroatoms. The Kier molecular flexibility index (Phi) is 4.93. The van der Waals surface area contributed by atoms with E-state index in [0.29, 0.717) is 6.54 Å². The zero-order chi connectivity index (χ0) is 16.7. The molecule has 0 aliphatic rings. The van der Waals surface area contributed by atoms with Gasteiger partial charge in [0.15, 0.2) is 7.60 Å². The lowest BCUT2D eigenvalue weighted by Crippen LogP contribution is -2.40. The third-order valence-electron chi connectivity index (χ3n) is 2.72. The monoisotopic (exact) mass is 342 g/mol. The quantitative estimate of drug-likeness (QED) is 0.404. The number of hydrogen-bond donors (Lipinski definition) is 4. The molecule has 0 aliphatic heterocycles. The molecule has 0 saturated heterocycles. The summed E-state index contributed by atoms with van der Waals surface area (Å²) in [6.07, 6.45) is 4.31. The van der Waals surface area contributed by atoms with E-state index in [1.807, 2.05) is 20.8 Å². The SMILES string of the molecule is CC(C)(C)C[n+]1ccn(CC(O)(P(=O)([O-])O)P(=O)(O)O)c1. The molecule has 0 aromatic carbocycles. The summed E-state index contributed by atoms with van der Waals surface area (Å²) < 4.78 is 25.2. The molecule has 0 aliphatic carbocycles. The van der Waals surface area contributed by atoms with Crippen LogP contribution in [0.1, 0.15) is 20.8 Å². The largest absolute Gasteiger partial charge is 0.776 e. The molecule has 122 valence electrons. The van der Waals surface area contributed by atoms with Crippen molar-refractivity contribution in [3.8, 4) is 0 Å². The van der Waals surface area contributed by atoms with Gasteiger partial charge in [-0.25, -0.2) is 9.13 Å². The Bertz CT molecular complexity index is 573. The first-order chi connectivity index (χ1) is 9.16. The van der Waals surface area contributed by atoms with E-state index in [-0.39, 0.29) is 5.41 Å². The van der Waals surface area contributed by atoms with E-state index in [4.69, 9.17) is 14.7 Å². The molecule has 1 heterocycles. The van der Waals surface area contributed by atoms with Gasteiger partial charge in [-0.05, 0) is 5.41 Å². The average Bonchev–Trinajstić information content (AvgIpc) is 2.58. The minimum Gasteiger partial charge on any atom is -0.776 e. The van der Waals surface area contributed by atoms with Crippen molar-refractivity contribution >= 4 is 15.2 Å². The van der Waals surface area contributed by atoms with Gasteiger partial charge in [0.1, 0.15) is 18.9 Å².